The summed E-state index contributed by atoms with van der Waals surface area (Å²) in [5, 5.41) is 22.4. The quantitative estimate of drug-likeness (QED) is 0.473. The molecule has 16 heavy (non-hydrogen) atoms. The highest BCUT2D eigenvalue weighted by molar-refractivity contribution is 5.64. The van der Waals surface area contributed by atoms with Gasteiger partial charge in [0.15, 0.2) is 0 Å². The van der Waals surface area contributed by atoms with Crippen molar-refractivity contribution in [3.8, 4) is 6.07 Å². The zero-order valence-electron chi connectivity index (χ0n) is 8.67. The summed E-state index contributed by atoms with van der Waals surface area (Å²) in [5.41, 5.74) is -0.322. The highest BCUT2D eigenvalue weighted by Gasteiger charge is 2.21. The number of aromatic nitrogens is 1. The van der Waals surface area contributed by atoms with Crippen LogP contribution < -0.4 is 5.32 Å². The first-order valence-electron chi connectivity index (χ1n) is 4.52. The van der Waals surface area contributed by atoms with E-state index in [-0.39, 0.29) is 23.1 Å². The molecule has 82 valence electrons. The van der Waals surface area contributed by atoms with E-state index in [1.807, 2.05) is 0 Å². The van der Waals surface area contributed by atoms with Crippen LogP contribution in [0.4, 0.5) is 11.5 Å². The zero-order chi connectivity index (χ0) is 12.1. The van der Waals surface area contributed by atoms with Crippen molar-refractivity contribution in [3.05, 3.63) is 40.6 Å². The lowest BCUT2D eigenvalue weighted by atomic mass is 10.2. The number of rotatable bonds is 4. The molecule has 0 radical (unpaired) electrons. The van der Waals surface area contributed by atoms with Gasteiger partial charge in [-0.2, -0.15) is 5.26 Å². The Labute approximate surface area is 92.4 Å². The maximum absolute atomic E-state index is 10.8. The first kappa shape index (κ1) is 11.7. The maximum Gasteiger partial charge on any atom is 0.328 e. The number of nitrogens with zero attached hydrogens (tertiary/aromatic N) is 3. The fourth-order valence-corrected chi connectivity index (χ4v) is 1.11. The number of anilines is 1. The van der Waals surface area contributed by atoms with Gasteiger partial charge < -0.3 is 5.32 Å². The normalized spacial score (nSPS) is 11.2. The standard InChI is InChI=1S/C10H10N4O2/c1-3-7(2)13-10-9(14(15)16)8(6-11)4-5-12-10/h3-5,7H,1H2,2H3,(H,12,13). The summed E-state index contributed by atoms with van der Waals surface area (Å²) in [5.74, 6) is 0.0800. The summed E-state index contributed by atoms with van der Waals surface area (Å²) in [4.78, 5) is 14.0. The van der Waals surface area contributed by atoms with Crippen LogP contribution in [0.1, 0.15) is 12.5 Å². The van der Waals surface area contributed by atoms with E-state index in [2.05, 4.69) is 16.9 Å². The highest BCUT2D eigenvalue weighted by atomic mass is 16.6. The molecule has 0 saturated carbocycles. The van der Waals surface area contributed by atoms with Crippen LogP contribution in [0.15, 0.2) is 24.9 Å². The molecule has 0 saturated heterocycles. The fraction of sp³-hybridized carbons (Fsp3) is 0.200. The molecule has 0 aliphatic rings. The average molecular weight is 218 g/mol. The minimum absolute atomic E-state index is 0.0150. The van der Waals surface area contributed by atoms with Gasteiger partial charge in [0.2, 0.25) is 5.82 Å². The lowest BCUT2D eigenvalue weighted by molar-refractivity contribution is -0.384. The molecule has 1 heterocycles. The van der Waals surface area contributed by atoms with Crippen molar-refractivity contribution in [3.63, 3.8) is 0 Å². The number of nitro groups is 1. The Morgan fingerprint density at radius 1 is 1.81 bits per heavy atom. The second kappa shape index (κ2) is 4.89. The average Bonchev–Trinajstić information content (AvgIpc) is 2.28. The molecule has 1 N–H and O–H groups in total. The monoisotopic (exact) mass is 218 g/mol. The molecule has 0 spiro atoms. The van der Waals surface area contributed by atoms with Crippen LogP contribution in [0.2, 0.25) is 0 Å². The highest BCUT2D eigenvalue weighted by Crippen LogP contribution is 2.26. The van der Waals surface area contributed by atoms with Crippen molar-refractivity contribution in [1.82, 2.24) is 4.98 Å². The van der Waals surface area contributed by atoms with Crippen molar-refractivity contribution in [2.24, 2.45) is 0 Å². The Morgan fingerprint density at radius 3 is 3.00 bits per heavy atom. The van der Waals surface area contributed by atoms with Crippen molar-refractivity contribution < 1.29 is 4.92 Å². The van der Waals surface area contributed by atoms with Gasteiger partial charge in [0.1, 0.15) is 11.6 Å². The van der Waals surface area contributed by atoms with Crippen LogP contribution in [0.5, 0.6) is 0 Å². The maximum atomic E-state index is 10.8. The Hall–Kier alpha value is -2.42. The number of pyridine rings is 1. The predicted molar refractivity (Wildman–Crippen MR) is 58.9 cm³/mol. The largest absolute Gasteiger partial charge is 0.358 e. The zero-order valence-corrected chi connectivity index (χ0v) is 8.67. The van der Waals surface area contributed by atoms with Crippen LogP contribution >= 0.6 is 0 Å². The summed E-state index contributed by atoms with van der Waals surface area (Å²) in [7, 11) is 0. The van der Waals surface area contributed by atoms with Gasteiger partial charge in [0, 0.05) is 12.2 Å². The lowest BCUT2D eigenvalue weighted by Crippen LogP contribution is -2.14. The Morgan fingerprint density at radius 2 is 2.50 bits per heavy atom. The smallest absolute Gasteiger partial charge is 0.328 e. The summed E-state index contributed by atoms with van der Waals surface area (Å²) in [6.07, 6.45) is 2.94. The summed E-state index contributed by atoms with van der Waals surface area (Å²) in [6, 6.07) is 2.90. The number of nitriles is 1. The molecule has 0 fully saturated rings. The molecule has 1 unspecified atom stereocenters. The second-order valence-corrected chi connectivity index (χ2v) is 3.09. The lowest BCUT2D eigenvalue weighted by Gasteiger charge is -2.09. The number of nitrogens with one attached hydrogen (secondary N) is 1. The molecule has 1 aromatic rings. The molecule has 0 aliphatic carbocycles. The Balaban J connectivity index is 3.23. The predicted octanol–water partition coefficient (Wildman–Crippen LogP) is 1.85. The van der Waals surface area contributed by atoms with E-state index in [0.717, 1.165) is 0 Å². The molecule has 1 aromatic heterocycles. The van der Waals surface area contributed by atoms with Gasteiger partial charge in [-0.3, -0.25) is 10.1 Å². The fourth-order valence-electron chi connectivity index (χ4n) is 1.11. The van der Waals surface area contributed by atoms with E-state index >= 15 is 0 Å². The number of hydrogen-bond acceptors (Lipinski definition) is 5. The van der Waals surface area contributed by atoms with Gasteiger partial charge in [0.25, 0.3) is 0 Å². The van der Waals surface area contributed by atoms with E-state index in [4.69, 9.17) is 5.26 Å². The van der Waals surface area contributed by atoms with E-state index in [1.165, 1.54) is 12.3 Å². The topological polar surface area (TPSA) is 91.8 Å². The van der Waals surface area contributed by atoms with Crippen LogP contribution in [-0.4, -0.2) is 15.9 Å². The molecule has 1 atom stereocenters. The van der Waals surface area contributed by atoms with Crippen molar-refractivity contribution in [2.45, 2.75) is 13.0 Å². The third-order valence-electron chi connectivity index (χ3n) is 1.95. The first-order valence-corrected chi connectivity index (χ1v) is 4.52. The molecule has 0 bridgehead atoms. The second-order valence-electron chi connectivity index (χ2n) is 3.09. The molecule has 6 heteroatoms. The first-order chi connectivity index (χ1) is 7.60. The van der Waals surface area contributed by atoms with Crippen molar-refractivity contribution >= 4 is 11.5 Å². The molecule has 0 aliphatic heterocycles. The van der Waals surface area contributed by atoms with E-state index in [9.17, 15) is 10.1 Å². The van der Waals surface area contributed by atoms with Crippen LogP contribution in [0, 0.1) is 21.4 Å². The van der Waals surface area contributed by atoms with Gasteiger partial charge in [-0.05, 0) is 13.0 Å². The van der Waals surface area contributed by atoms with Crippen LogP contribution in [-0.2, 0) is 0 Å². The van der Waals surface area contributed by atoms with Gasteiger partial charge in [0.05, 0.1) is 4.92 Å². The molecular formula is C10H10N4O2. The van der Waals surface area contributed by atoms with E-state index < -0.39 is 4.92 Å². The Kier molecular flexibility index (Phi) is 3.56. The summed E-state index contributed by atoms with van der Waals surface area (Å²) < 4.78 is 0. The minimum Gasteiger partial charge on any atom is -0.358 e. The van der Waals surface area contributed by atoms with E-state index in [0.29, 0.717) is 0 Å². The third kappa shape index (κ3) is 2.33. The number of hydrogen-bond donors (Lipinski definition) is 1. The van der Waals surface area contributed by atoms with Gasteiger partial charge in [-0.25, -0.2) is 4.98 Å². The Bertz CT molecular complexity index is 464. The molecule has 1 rings (SSSR count). The van der Waals surface area contributed by atoms with Crippen LogP contribution in [0.25, 0.3) is 0 Å². The molecule has 6 nitrogen and oxygen atoms in total. The van der Waals surface area contributed by atoms with Crippen molar-refractivity contribution in [1.29, 1.82) is 5.26 Å². The molecular weight excluding hydrogens is 208 g/mol. The van der Waals surface area contributed by atoms with Crippen molar-refractivity contribution in [2.75, 3.05) is 5.32 Å². The molecule has 0 aromatic carbocycles. The summed E-state index contributed by atoms with van der Waals surface area (Å²) in [6.45, 7) is 5.32. The SMILES string of the molecule is C=CC(C)Nc1nccc(C#N)c1[N+](=O)[O-]. The summed E-state index contributed by atoms with van der Waals surface area (Å²) >= 11 is 0. The van der Waals surface area contributed by atoms with Gasteiger partial charge >= 0.3 is 5.69 Å². The van der Waals surface area contributed by atoms with Gasteiger partial charge in [-0.1, -0.05) is 6.08 Å². The minimum atomic E-state index is -0.621. The van der Waals surface area contributed by atoms with Gasteiger partial charge in [-0.15, -0.1) is 6.58 Å². The van der Waals surface area contributed by atoms with Crippen LogP contribution in [0.3, 0.4) is 0 Å². The van der Waals surface area contributed by atoms with E-state index in [1.54, 1.807) is 19.1 Å². The third-order valence-corrected chi connectivity index (χ3v) is 1.95. The molecule has 0 amide bonds.